The first-order valence-corrected chi connectivity index (χ1v) is 9.19. The maximum absolute atomic E-state index is 12.4. The molecule has 1 aliphatic carbocycles. The SMILES string of the molecule is O=C(NC1CC(N2C=C(C3COC3)NN2)C1)c1cc(-c2ccccc2)on1. The molecular weight excluding hydrogens is 346 g/mol. The van der Waals surface area contributed by atoms with E-state index in [2.05, 4.69) is 32.6 Å². The van der Waals surface area contributed by atoms with Crippen molar-refractivity contribution in [1.29, 1.82) is 0 Å². The third-order valence-electron chi connectivity index (χ3n) is 5.33. The van der Waals surface area contributed by atoms with Crippen LogP contribution in [0.2, 0.25) is 0 Å². The number of nitrogens with zero attached hydrogens (tertiary/aromatic N) is 2. The van der Waals surface area contributed by atoms with Gasteiger partial charge in [-0.15, -0.1) is 5.53 Å². The molecule has 3 heterocycles. The van der Waals surface area contributed by atoms with Crippen molar-refractivity contribution < 1.29 is 14.1 Å². The summed E-state index contributed by atoms with van der Waals surface area (Å²) in [7, 11) is 0. The number of hydrazine groups is 2. The standard InChI is InChI=1S/C19H21N5O3/c25-19(16-8-18(27-22-16)12-4-2-1-3-5-12)20-14-6-15(7-14)24-9-17(21-23-24)13-10-26-11-13/h1-5,8-9,13-15,21,23H,6-7,10-11H2,(H,20,25). The molecule has 2 aromatic rings. The molecule has 1 saturated heterocycles. The predicted octanol–water partition coefficient (Wildman–Crippen LogP) is 1.41. The van der Waals surface area contributed by atoms with Gasteiger partial charge >= 0.3 is 0 Å². The Hall–Kier alpha value is -2.84. The minimum Gasteiger partial charge on any atom is -0.380 e. The lowest BCUT2D eigenvalue weighted by Crippen LogP contribution is -2.56. The molecule has 0 bridgehead atoms. The lowest BCUT2D eigenvalue weighted by atomic mass is 9.86. The van der Waals surface area contributed by atoms with Crippen molar-refractivity contribution in [3.05, 3.63) is 54.0 Å². The number of carbonyl (C=O) groups excluding carboxylic acids is 1. The van der Waals surface area contributed by atoms with E-state index in [1.54, 1.807) is 6.07 Å². The first-order valence-electron chi connectivity index (χ1n) is 9.19. The van der Waals surface area contributed by atoms with Gasteiger partial charge in [-0.2, -0.15) is 0 Å². The fourth-order valence-corrected chi connectivity index (χ4v) is 3.48. The minimum absolute atomic E-state index is 0.144. The fourth-order valence-electron chi connectivity index (χ4n) is 3.48. The van der Waals surface area contributed by atoms with Gasteiger partial charge < -0.3 is 20.0 Å². The summed E-state index contributed by atoms with van der Waals surface area (Å²) in [5, 5.41) is 9.02. The van der Waals surface area contributed by atoms with Crippen LogP contribution in [0.15, 0.2) is 52.8 Å². The number of ether oxygens (including phenoxy) is 1. The molecule has 5 rings (SSSR count). The van der Waals surface area contributed by atoms with Crippen molar-refractivity contribution in [2.45, 2.75) is 24.9 Å². The van der Waals surface area contributed by atoms with Crippen molar-refractivity contribution in [2.75, 3.05) is 13.2 Å². The summed E-state index contributed by atoms with van der Waals surface area (Å²) in [6.07, 6.45) is 3.88. The predicted molar refractivity (Wildman–Crippen MR) is 96.7 cm³/mol. The first-order chi connectivity index (χ1) is 13.3. The summed E-state index contributed by atoms with van der Waals surface area (Å²) in [6.45, 7) is 1.56. The van der Waals surface area contributed by atoms with Gasteiger partial charge in [-0.1, -0.05) is 35.5 Å². The second kappa shape index (κ2) is 6.71. The highest BCUT2D eigenvalue weighted by atomic mass is 16.5. The van der Waals surface area contributed by atoms with Crippen LogP contribution in [-0.4, -0.2) is 41.4 Å². The third-order valence-corrected chi connectivity index (χ3v) is 5.33. The highest BCUT2D eigenvalue weighted by Gasteiger charge is 2.37. The van der Waals surface area contributed by atoms with Gasteiger partial charge in [0.2, 0.25) is 0 Å². The summed E-state index contributed by atoms with van der Waals surface area (Å²) in [4.78, 5) is 12.4. The van der Waals surface area contributed by atoms with Gasteiger partial charge in [-0.25, -0.2) is 0 Å². The second-order valence-corrected chi connectivity index (χ2v) is 7.20. The Balaban J connectivity index is 1.13. The Morgan fingerprint density at radius 1 is 1.22 bits per heavy atom. The van der Waals surface area contributed by atoms with Crippen LogP contribution in [0.25, 0.3) is 11.3 Å². The van der Waals surface area contributed by atoms with E-state index >= 15 is 0 Å². The lowest BCUT2D eigenvalue weighted by Gasteiger charge is -2.40. The van der Waals surface area contributed by atoms with E-state index in [9.17, 15) is 4.79 Å². The summed E-state index contributed by atoms with van der Waals surface area (Å²) in [5.41, 5.74) is 8.77. The molecule has 1 aromatic heterocycles. The molecule has 3 N–H and O–H groups in total. The highest BCUT2D eigenvalue weighted by Crippen LogP contribution is 2.29. The van der Waals surface area contributed by atoms with Crippen LogP contribution in [0.5, 0.6) is 0 Å². The molecule has 140 valence electrons. The molecular formula is C19H21N5O3. The monoisotopic (exact) mass is 367 g/mol. The summed E-state index contributed by atoms with van der Waals surface area (Å²) in [6, 6.07) is 11.8. The molecule has 3 aliphatic rings. The Bertz CT molecular complexity index is 855. The molecule has 27 heavy (non-hydrogen) atoms. The molecule has 0 unspecified atom stereocenters. The van der Waals surface area contributed by atoms with Gasteiger partial charge in [0.05, 0.1) is 25.0 Å². The highest BCUT2D eigenvalue weighted by molar-refractivity contribution is 5.93. The molecule has 1 saturated carbocycles. The van der Waals surface area contributed by atoms with Crippen LogP contribution in [-0.2, 0) is 4.74 Å². The number of nitrogens with one attached hydrogen (secondary N) is 3. The Morgan fingerprint density at radius 2 is 2.04 bits per heavy atom. The quantitative estimate of drug-likeness (QED) is 0.736. The molecule has 1 amide bonds. The van der Waals surface area contributed by atoms with Gasteiger partial charge in [0, 0.05) is 29.8 Å². The van der Waals surface area contributed by atoms with E-state index < -0.39 is 0 Å². The lowest BCUT2D eigenvalue weighted by molar-refractivity contribution is -0.0162. The average molecular weight is 367 g/mol. The van der Waals surface area contributed by atoms with Gasteiger partial charge in [0.25, 0.3) is 5.91 Å². The van der Waals surface area contributed by atoms with E-state index in [1.165, 1.54) is 5.70 Å². The molecule has 8 nitrogen and oxygen atoms in total. The zero-order valence-electron chi connectivity index (χ0n) is 14.7. The number of hydrogen-bond donors (Lipinski definition) is 3. The van der Waals surface area contributed by atoms with Gasteiger partial charge in [0.1, 0.15) is 0 Å². The normalized spacial score (nSPS) is 24.6. The van der Waals surface area contributed by atoms with E-state index in [0.29, 0.717) is 23.4 Å². The van der Waals surface area contributed by atoms with Crippen LogP contribution in [0, 0.1) is 5.92 Å². The molecule has 8 heteroatoms. The minimum atomic E-state index is -0.195. The Morgan fingerprint density at radius 3 is 2.78 bits per heavy atom. The second-order valence-electron chi connectivity index (χ2n) is 7.20. The van der Waals surface area contributed by atoms with E-state index in [-0.39, 0.29) is 11.9 Å². The summed E-state index contributed by atoms with van der Waals surface area (Å²) >= 11 is 0. The number of aromatic nitrogens is 1. The molecule has 0 atom stereocenters. The summed E-state index contributed by atoms with van der Waals surface area (Å²) < 4.78 is 10.5. The number of benzene rings is 1. The largest absolute Gasteiger partial charge is 0.380 e. The molecule has 1 aromatic carbocycles. The molecule has 2 aliphatic heterocycles. The van der Waals surface area contributed by atoms with Crippen LogP contribution >= 0.6 is 0 Å². The summed E-state index contributed by atoms with van der Waals surface area (Å²) in [5.74, 6) is 0.862. The molecule has 0 radical (unpaired) electrons. The van der Waals surface area contributed by atoms with Crippen molar-refractivity contribution >= 4 is 5.91 Å². The zero-order chi connectivity index (χ0) is 18.2. The van der Waals surface area contributed by atoms with E-state index in [1.807, 2.05) is 30.3 Å². The van der Waals surface area contributed by atoms with Crippen molar-refractivity contribution in [2.24, 2.45) is 5.92 Å². The average Bonchev–Trinajstić information content (AvgIpc) is 3.27. The molecule has 0 spiro atoms. The number of rotatable bonds is 5. The Labute approximate surface area is 156 Å². The van der Waals surface area contributed by atoms with Crippen molar-refractivity contribution in [3.8, 4) is 11.3 Å². The zero-order valence-corrected chi connectivity index (χ0v) is 14.7. The van der Waals surface area contributed by atoms with Crippen LogP contribution < -0.4 is 16.3 Å². The van der Waals surface area contributed by atoms with E-state index in [4.69, 9.17) is 9.26 Å². The number of hydrogen-bond acceptors (Lipinski definition) is 7. The van der Waals surface area contributed by atoms with Crippen LogP contribution in [0.3, 0.4) is 0 Å². The van der Waals surface area contributed by atoms with E-state index in [0.717, 1.165) is 31.6 Å². The fraction of sp³-hybridized carbons (Fsp3) is 0.368. The van der Waals surface area contributed by atoms with Crippen LogP contribution in [0.1, 0.15) is 23.3 Å². The third kappa shape index (κ3) is 3.17. The Kier molecular flexibility index (Phi) is 4.06. The van der Waals surface area contributed by atoms with Gasteiger partial charge in [-0.05, 0) is 12.8 Å². The molecule has 2 fully saturated rings. The van der Waals surface area contributed by atoms with Crippen molar-refractivity contribution in [1.82, 2.24) is 26.4 Å². The number of amides is 1. The van der Waals surface area contributed by atoms with Crippen LogP contribution in [0.4, 0.5) is 0 Å². The smallest absolute Gasteiger partial charge is 0.273 e. The van der Waals surface area contributed by atoms with Gasteiger partial charge in [-0.3, -0.25) is 9.80 Å². The van der Waals surface area contributed by atoms with Crippen molar-refractivity contribution in [3.63, 3.8) is 0 Å². The maximum atomic E-state index is 12.4. The first kappa shape index (κ1) is 16.3. The van der Waals surface area contributed by atoms with Gasteiger partial charge in [0.15, 0.2) is 11.5 Å². The topological polar surface area (TPSA) is 91.7 Å². The number of carbonyl (C=O) groups is 1. The maximum Gasteiger partial charge on any atom is 0.273 e.